The third-order valence-corrected chi connectivity index (χ3v) is 7.41. The number of nitrogens with zero attached hydrogens (tertiary/aromatic N) is 2. The number of imide groups is 1. The zero-order chi connectivity index (χ0) is 25.9. The molecule has 9 heteroatoms. The number of carbonyl (C=O) groups is 4. The van der Waals surface area contributed by atoms with Crippen LogP contribution in [0, 0.1) is 0 Å². The van der Waals surface area contributed by atoms with Crippen molar-refractivity contribution in [2.45, 2.75) is 64.3 Å². The Morgan fingerprint density at radius 2 is 1.78 bits per heavy atom. The lowest BCUT2D eigenvalue weighted by atomic mass is 10.0. The molecule has 2 aromatic rings. The van der Waals surface area contributed by atoms with Crippen LogP contribution in [-0.4, -0.2) is 58.7 Å². The number of rotatable bonds is 6. The summed E-state index contributed by atoms with van der Waals surface area (Å²) in [4.78, 5) is 52.4. The number of likely N-dealkylation sites (tertiary alicyclic amines) is 1. The van der Waals surface area contributed by atoms with Crippen molar-refractivity contribution in [1.29, 1.82) is 0 Å². The van der Waals surface area contributed by atoms with Gasteiger partial charge in [0.25, 0.3) is 0 Å². The van der Waals surface area contributed by atoms with E-state index >= 15 is 0 Å². The Balaban J connectivity index is 1.17. The Morgan fingerprint density at radius 1 is 1.03 bits per heavy atom. The number of hydrogen-bond donors (Lipinski definition) is 2. The number of carbonyl (C=O) groups excluding carboxylic acids is 4. The lowest BCUT2D eigenvalue weighted by molar-refractivity contribution is -0.137. The fourth-order valence-electron chi connectivity index (χ4n) is 5.45. The lowest BCUT2D eigenvalue weighted by Gasteiger charge is -2.32. The highest BCUT2D eigenvalue weighted by Crippen LogP contribution is 2.34. The zero-order valence-corrected chi connectivity index (χ0v) is 21.0. The fourth-order valence-corrected chi connectivity index (χ4v) is 5.45. The lowest BCUT2D eigenvalue weighted by Crippen LogP contribution is -2.50. The largest absolute Gasteiger partial charge is 0.423 e. The zero-order valence-electron chi connectivity index (χ0n) is 21.0. The first kappa shape index (κ1) is 25.1. The summed E-state index contributed by atoms with van der Waals surface area (Å²) in [5, 5.41) is 5.41. The highest BCUT2D eigenvalue weighted by atomic mass is 16.5. The monoisotopic (exact) mass is 504 g/mol. The predicted octanol–water partition coefficient (Wildman–Crippen LogP) is 2.13. The molecule has 3 aliphatic heterocycles. The summed E-state index contributed by atoms with van der Waals surface area (Å²) in [6.07, 6.45) is 2.70. The third kappa shape index (κ3) is 5.89. The van der Waals surface area contributed by atoms with E-state index in [1.165, 1.54) is 0 Å². The molecule has 3 amide bonds. The standard InChI is InChI=1S/C28H32N4O5/c1-18(33)29-22-11-13-31(14-12-22)15-19-5-7-20(8-6-19)28(36)37-25-4-2-3-21-16-32(17-23(21)25)24-9-10-26(34)30-27(24)35/h2-8,22,24H,9-17H2,1H3,(H,29,33)(H,30,34,35). The van der Waals surface area contributed by atoms with Crippen molar-refractivity contribution >= 4 is 23.7 Å². The van der Waals surface area contributed by atoms with Gasteiger partial charge in [-0.25, -0.2) is 4.79 Å². The molecular weight excluding hydrogens is 472 g/mol. The van der Waals surface area contributed by atoms with Crippen molar-refractivity contribution in [1.82, 2.24) is 20.4 Å². The van der Waals surface area contributed by atoms with Gasteiger partial charge in [-0.1, -0.05) is 24.3 Å². The fraction of sp³-hybridized carbons (Fsp3) is 0.429. The van der Waals surface area contributed by atoms with Crippen LogP contribution in [0.25, 0.3) is 0 Å². The average molecular weight is 505 g/mol. The van der Waals surface area contributed by atoms with Crippen molar-refractivity contribution in [3.63, 3.8) is 0 Å². The number of benzene rings is 2. The quantitative estimate of drug-likeness (QED) is 0.353. The van der Waals surface area contributed by atoms with Crippen molar-refractivity contribution in [2.24, 2.45) is 0 Å². The van der Waals surface area contributed by atoms with Crippen LogP contribution >= 0.6 is 0 Å². The molecule has 1 atom stereocenters. The maximum Gasteiger partial charge on any atom is 0.343 e. The molecule has 0 aromatic heterocycles. The molecule has 0 aliphatic carbocycles. The minimum Gasteiger partial charge on any atom is -0.423 e. The Kier molecular flexibility index (Phi) is 7.34. The predicted molar refractivity (Wildman–Crippen MR) is 135 cm³/mol. The molecule has 0 bridgehead atoms. The van der Waals surface area contributed by atoms with Gasteiger partial charge in [-0.15, -0.1) is 0 Å². The summed E-state index contributed by atoms with van der Waals surface area (Å²) < 4.78 is 5.79. The minimum absolute atomic E-state index is 0.0213. The van der Waals surface area contributed by atoms with Crippen LogP contribution in [0.1, 0.15) is 59.7 Å². The molecule has 194 valence electrons. The van der Waals surface area contributed by atoms with Gasteiger partial charge in [0.2, 0.25) is 17.7 Å². The van der Waals surface area contributed by atoms with Crippen LogP contribution in [0.4, 0.5) is 0 Å². The van der Waals surface area contributed by atoms with Gasteiger partial charge in [0.1, 0.15) is 5.75 Å². The summed E-state index contributed by atoms with van der Waals surface area (Å²) in [6, 6.07) is 13.0. The first-order valence-electron chi connectivity index (χ1n) is 12.8. The van der Waals surface area contributed by atoms with Crippen LogP contribution in [0.15, 0.2) is 42.5 Å². The molecular formula is C28H32N4O5. The normalized spacial score (nSPS) is 20.8. The number of piperidine rings is 2. The number of amides is 3. The second-order valence-corrected chi connectivity index (χ2v) is 10.1. The van der Waals surface area contributed by atoms with Crippen LogP contribution in [0.5, 0.6) is 5.75 Å². The Labute approximate surface area is 216 Å². The summed E-state index contributed by atoms with van der Waals surface area (Å²) in [7, 11) is 0. The number of ether oxygens (including phenoxy) is 1. The highest BCUT2D eigenvalue weighted by Gasteiger charge is 2.36. The average Bonchev–Trinajstić information content (AvgIpc) is 3.30. The van der Waals surface area contributed by atoms with Gasteiger partial charge in [-0.05, 0) is 48.6 Å². The summed E-state index contributed by atoms with van der Waals surface area (Å²) in [5.41, 5.74) is 3.52. The molecule has 2 N–H and O–H groups in total. The van der Waals surface area contributed by atoms with Crippen LogP contribution in [0.2, 0.25) is 0 Å². The Bertz CT molecular complexity index is 1200. The molecule has 0 radical (unpaired) electrons. The first-order valence-corrected chi connectivity index (χ1v) is 12.8. The number of hydrogen-bond acceptors (Lipinski definition) is 7. The molecule has 3 heterocycles. The van der Waals surface area contributed by atoms with Gasteiger partial charge in [-0.3, -0.25) is 29.5 Å². The van der Waals surface area contributed by atoms with Gasteiger partial charge in [0.15, 0.2) is 0 Å². The molecule has 3 aliphatic rings. The highest BCUT2D eigenvalue weighted by molar-refractivity contribution is 6.00. The molecule has 37 heavy (non-hydrogen) atoms. The van der Waals surface area contributed by atoms with E-state index in [9.17, 15) is 19.2 Å². The van der Waals surface area contributed by atoms with E-state index in [4.69, 9.17) is 4.74 Å². The van der Waals surface area contributed by atoms with E-state index in [0.717, 1.165) is 49.2 Å². The van der Waals surface area contributed by atoms with E-state index in [1.807, 2.05) is 29.2 Å². The van der Waals surface area contributed by atoms with Crippen LogP contribution in [-0.2, 0) is 34.0 Å². The molecule has 0 spiro atoms. The summed E-state index contributed by atoms with van der Waals surface area (Å²) in [5.74, 6) is -0.392. The van der Waals surface area contributed by atoms with E-state index in [1.54, 1.807) is 25.1 Å². The molecule has 2 aromatic carbocycles. The third-order valence-electron chi connectivity index (χ3n) is 7.41. The Morgan fingerprint density at radius 3 is 2.49 bits per heavy atom. The number of nitrogens with one attached hydrogen (secondary N) is 2. The maximum atomic E-state index is 12.9. The summed E-state index contributed by atoms with van der Waals surface area (Å²) >= 11 is 0. The molecule has 2 saturated heterocycles. The minimum atomic E-state index is -0.421. The second kappa shape index (κ2) is 10.8. The second-order valence-electron chi connectivity index (χ2n) is 10.1. The van der Waals surface area contributed by atoms with Crippen molar-refractivity contribution in [3.05, 3.63) is 64.7 Å². The van der Waals surface area contributed by atoms with Gasteiger partial charge in [0, 0.05) is 57.7 Å². The van der Waals surface area contributed by atoms with Gasteiger partial charge < -0.3 is 10.1 Å². The van der Waals surface area contributed by atoms with E-state index < -0.39 is 5.97 Å². The molecule has 9 nitrogen and oxygen atoms in total. The SMILES string of the molecule is CC(=O)NC1CCN(Cc2ccc(C(=O)Oc3cccc4c3CN(C3CCC(=O)NC3=O)C4)cc2)CC1. The van der Waals surface area contributed by atoms with E-state index in [2.05, 4.69) is 15.5 Å². The molecule has 0 saturated carbocycles. The molecule has 1 unspecified atom stereocenters. The maximum absolute atomic E-state index is 12.9. The molecule has 2 fully saturated rings. The summed E-state index contributed by atoms with van der Waals surface area (Å²) in [6.45, 7) is 5.25. The number of fused-ring (bicyclic) bond motifs is 1. The smallest absolute Gasteiger partial charge is 0.343 e. The first-order chi connectivity index (χ1) is 17.9. The van der Waals surface area contributed by atoms with E-state index in [-0.39, 0.29) is 29.8 Å². The van der Waals surface area contributed by atoms with Crippen LogP contribution in [0.3, 0.4) is 0 Å². The van der Waals surface area contributed by atoms with Gasteiger partial charge >= 0.3 is 5.97 Å². The van der Waals surface area contributed by atoms with Crippen molar-refractivity contribution in [2.75, 3.05) is 13.1 Å². The van der Waals surface area contributed by atoms with Crippen LogP contribution < -0.4 is 15.4 Å². The van der Waals surface area contributed by atoms with Crippen molar-refractivity contribution in [3.8, 4) is 5.75 Å². The van der Waals surface area contributed by atoms with Gasteiger partial charge in [0.05, 0.1) is 11.6 Å². The topological polar surface area (TPSA) is 108 Å². The Hall–Kier alpha value is -3.56. The number of esters is 1. The van der Waals surface area contributed by atoms with E-state index in [0.29, 0.717) is 37.2 Å². The molecule has 5 rings (SSSR count). The van der Waals surface area contributed by atoms with Gasteiger partial charge in [-0.2, -0.15) is 0 Å². The van der Waals surface area contributed by atoms with Crippen molar-refractivity contribution < 1.29 is 23.9 Å².